The zero-order chi connectivity index (χ0) is 66.7. The first-order valence-corrected chi connectivity index (χ1v) is 30.9. The van der Waals surface area contributed by atoms with Crippen molar-refractivity contribution in [1.82, 2.24) is 95.7 Å². The largest absolute Gasteiger partial charge is 0.506 e. The fraction of sp³-hybridized carbons (Fsp3) is 0.452. The number of carbonyl (C=O) groups is 10. The summed E-state index contributed by atoms with van der Waals surface area (Å²) in [6.45, 7) is 5.10. The third-order valence-electron chi connectivity index (χ3n) is 14.5. The van der Waals surface area contributed by atoms with Gasteiger partial charge in [0.2, 0.25) is 11.8 Å². The monoisotopic (exact) mass is 1310 g/mol. The summed E-state index contributed by atoms with van der Waals surface area (Å²) >= 11 is 0. The fourth-order valence-electron chi connectivity index (χ4n) is 9.45. The van der Waals surface area contributed by atoms with Crippen molar-refractivity contribution in [2.24, 2.45) is 0 Å². The molecule has 2 heterocycles. The number of aromatic hydroxyl groups is 4. The molecule has 94 heavy (non-hydrogen) atoms. The first-order valence-electron chi connectivity index (χ1n) is 30.9. The predicted octanol–water partition coefficient (Wildman–Crippen LogP) is -4.81. The molecule has 512 valence electrons. The molecule has 4 aromatic rings. The summed E-state index contributed by atoms with van der Waals surface area (Å²) in [7, 11) is 0. The molecule has 8 bridgehead atoms. The Morgan fingerprint density at radius 2 is 0.500 bits per heavy atom. The lowest BCUT2D eigenvalue weighted by atomic mass is 10.1. The molecule has 10 amide bonds. The molecule has 32 nitrogen and oxygen atoms in total. The summed E-state index contributed by atoms with van der Waals surface area (Å²) in [6.07, 6.45) is 0.247. The number of rotatable bonds is 6. The van der Waals surface area contributed by atoms with E-state index in [-0.39, 0.29) is 163 Å². The second-order valence-corrected chi connectivity index (χ2v) is 21.2. The van der Waals surface area contributed by atoms with Gasteiger partial charge >= 0.3 is 0 Å². The van der Waals surface area contributed by atoms with Gasteiger partial charge in [-0.1, -0.05) is 31.7 Å². The van der Waals surface area contributed by atoms with Crippen LogP contribution in [0.4, 0.5) is 0 Å². The molecule has 6 rings (SSSR count). The van der Waals surface area contributed by atoms with Crippen LogP contribution in [0.15, 0.2) is 72.8 Å². The molecule has 0 radical (unpaired) electrons. The fourth-order valence-corrected chi connectivity index (χ4v) is 9.45. The Morgan fingerprint density at radius 3 is 0.723 bits per heavy atom. The maximum absolute atomic E-state index is 13.8. The van der Waals surface area contributed by atoms with Crippen molar-refractivity contribution >= 4 is 59.1 Å². The van der Waals surface area contributed by atoms with Gasteiger partial charge in [0.25, 0.3) is 47.3 Å². The molecule has 0 aromatic heterocycles. The molecule has 0 fully saturated rings. The Bertz CT molecular complexity index is 3000. The van der Waals surface area contributed by atoms with Gasteiger partial charge in [0.15, 0.2) is 0 Å². The quantitative estimate of drug-likeness (QED) is 0.0806. The lowest BCUT2D eigenvalue weighted by Crippen LogP contribution is -2.53. The van der Waals surface area contributed by atoms with Crippen LogP contribution in [-0.4, -0.2) is 249 Å². The van der Waals surface area contributed by atoms with Crippen LogP contribution in [0.1, 0.15) is 96.7 Å². The first-order chi connectivity index (χ1) is 45.1. The van der Waals surface area contributed by atoms with Crippen LogP contribution in [0, 0.1) is 0 Å². The molecule has 4 aromatic carbocycles. The van der Waals surface area contributed by atoms with Gasteiger partial charge in [-0.15, -0.1) is 0 Å². The van der Waals surface area contributed by atoms with Gasteiger partial charge in [-0.25, -0.2) is 0 Å². The lowest BCUT2D eigenvalue weighted by Gasteiger charge is -2.21. The smallest absolute Gasteiger partial charge is 0.255 e. The molecule has 2 atom stereocenters. The van der Waals surface area contributed by atoms with Gasteiger partial charge in [0.1, 0.15) is 23.0 Å². The average molecular weight is 1310 g/mol. The summed E-state index contributed by atoms with van der Waals surface area (Å²) < 4.78 is 0. The number of hydrogen-bond acceptors (Lipinski definition) is 22. The molecular weight excluding hydrogens is 1220 g/mol. The topological polar surface area (TPSA) is 468 Å². The number of nitrogens with one attached hydrogen (secondary N) is 18. The average Bonchev–Trinajstić information content (AvgIpc) is 0.929. The van der Waals surface area contributed by atoms with Crippen LogP contribution in [0.3, 0.4) is 0 Å². The number of phenols is 4. The third-order valence-corrected chi connectivity index (χ3v) is 14.5. The summed E-state index contributed by atoms with van der Waals surface area (Å²) in [5, 5.41) is 96.0. The van der Waals surface area contributed by atoms with E-state index in [1.165, 1.54) is 72.8 Å². The van der Waals surface area contributed by atoms with E-state index < -0.39 is 94.2 Å². The zero-order valence-electron chi connectivity index (χ0n) is 51.6. The zero-order valence-corrected chi connectivity index (χ0v) is 51.6. The summed E-state index contributed by atoms with van der Waals surface area (Å²) in [5.41, 5.74) is -0.935. The standard InChI is InChI=1S/C61H86N18O14.CH4/c80-48-38-6-1-10-42(48)56(88)76-30-24-66-36-46(68-32-34-78-58(90)44-12-3-8-40(50(44)82)54(86)74-28-22-64-18-16-62-20-26-72-52(38)84)60(92)70-14-5-15-71-61(93)47-37-67-25-31-77-57(89)43-11-2-7-39(49(43)81)53(85)73-27-21-63-17-19-65-23-29-75-55(87)41-9-4-13-45(51(41)83)59(91)79-35-33-69-47;/h1-4,6-13,46-47,62-69,80-83H,5,14-37H2,(H,70,92)(H,71,93)(H,72,84)(H,73,85)(H,74,86)(H,75,87)(H,76,88)(H,77,89)(H,78,90)(H,79,91);1H4. The SMILES string of the molecule is C.O=C1NCCNCCNCCNC(=O)c2cccc(c2O)C(=O)NCCNC(C(=O)NCCCNC(=O)C2CNCCNC(=O)c3cccc(c3O)C(=O)NCCNCCNCCNC(=O)c3cccc(c3O)C(=O)NCCN2)CNCCNC(=O)c2cccc1c2O. The van der Waals surface area contributed by atoms with E-state index in [0.717, 1.165) is 0 Å². The summed E-state index contributed by atoms with van der Waals surface area (Å²) in [5.74, 6) is -7.99. The number of hydrogen-bond donors (Lipinski definition) is 22. The number of amides is 10. The highest BCUT2D eigenvalue weighted by Gasteiger charge is 2.25. The second-order valence-electron chi connectivity index (χ2n) is 21.2. The highest BCUT2D eigenvalue weighted by molar-refractivity contribution is 6.06. The minimum absolute atomic E-state index is 0. The van der Waals surface area contributed by atoms with E-state index in [4.69, 9.17) is 0 Å². The van der Waals surface area contributed by atoms with E-state index >= 15 is 0 Å². The maximum Gasteiger partial charge on any atom is 0.255 e. The van der Waals surface area contributed by atoms with Crippen molar-refractivity contribution in [3.8, 4) is 23.0 Å². The number of fused-ring (bicyclic) bond motifs is 8. The highest BCUT2D eigenvalue weighted by atomic mass is 16.3. The van der Waals surface area contributed by atoms with E-state index in [1.807, 2.05) is 0 Å². The first kappa shape index (κ1) is 75.2. The van der Waals surface area contributed by atoms with E-state index in [2.05, 4.69) is 95.7 Å². The van der Waals surface area contributed by atoms with Crippen LogP contribution in [-0.2, 0) is 9.59 Å². The predicted molar refractivity (Wildman–Crippen MR) is 349 cm³/mol. The molecule has 32 heteroatoms. The molecule has 0 spiro atoms. The molecule has 22 N–H and O–H groups in total. The van der Waals surface area contributed by atoms with Gasteiger partial charge in [0.05, 0.1) is 56.6 Å². The highest BCUT2D eigenvalue weighted by Crippen LogP contribution is 2.25. The number of phenolic OH excluding ortho intramolecular Hbond substituents is 4. The number of para-hydroxylation sites is 4. The van der Waals surface area contributed by atoms with Gasteiger partial charge in [-0.2, -0.15) is 0 Å². The minimum Gasteiger partial charge on any atom is -0.506 e. The van der Waals surface area contributed by atoms with Gasteiger partial charge in [-0.3, -0.25) is 47.9 Å². The Hall–Kier alpha value is -9.54. The molecule has 0 saturated heterocycles. The Kier molecular flexibility index (Phi) is 32.9. The molecule has 2 aliphatic heterocycles. The normalized spacial score (nSPS) is 18.9. The Balaban J connectivity index is 0.0000160. The van der Waals surface area contributed by atoms with Crippen molar-refractivity contribution in [3.63, 3.8) is 0 Å². The van der Waals surface area contributed by atoms with E-state index in [1.54, 1.807) is 0 Å². The molecular formula is C62H90N18O14. The van der Waals surface area contributed by atoms with Crippen molar-refractivity contribution in [2.75, 3.05) is 157 Å². The van der Waals surface area contributed by atoms with Crippen LogP contribution in [0.2, 0.25) is 0 Å². The van der Waals surface area contributed by atoms with Crippen molar-refractivity contribution in [2.45, 2.75) is 25.9 Å². The number of carbonyl (C=O) groups excluding carboxylic acids is 10. The number of benzene rings is 4. The van der Waals surface area contributed by atoms with Crippen LogP contribution < -0.4 is 95.7 Å². The maximum atomic E-state index is 13.8. The van der Waals surface area contributed by atoms with Crippen LogP contribution >= 0.6 is 0 Å². The molecule has 0 saturated carbocycles. The van der Waals surface area contributed by atoms with Gasteiger partial charge in [-0.05, 0) is 55.0 Å². The van der Waals surface area contributed by atoms with Crippen LogP contribution in [0.5, 0.6) is 23.0 Å². The van der Waals surface area contributed by atoms with Crippen molar-refractivity contribution < 1.29 is 68.4 Å². The summed E-state index contributed by atoms with van der Waals surface area (Å²) in [4.78, 5) is 132. The minimum atomic E-state index is -0.930. The van der Waals surface area contributed by atoms with Gasteiger partial charge < -0.3 is 116 Å². The summed E-state index contributed by atoms with van der Waals surface area (Å²) in [6, 6.07) is 15.0. The molecule has 2 unspecified atom stereocenters. The van der Waals surface area contributed by atoms with E-state index in [0.29, 0.717) is 52.4 Å². The van der Waals surface area contributed by atoms with Crippen molar-refractivity contribution in [3.05, 3.63) is 117 Å². The molecule has 0 aliphatic carbocycles. The van der Waals surface area contributed by atoms with Gasteiger partial charge in [0, 0.05) is 157 Å². The van der Waals surface area contributed by atoms with Crippen molar-refractivity contribution in [1.29, 1.82) is 0 Å². The second kappa shape index (κ2) is 41.1. The molecule has 2 aliphatic rings. The third kappa shape index (κ3) is 24.2. The Labute approximate surface area is 544 Å². The Morgan fingerprint density at radius 1 is 0.309 bits per heavy atom. The van der Waals surface area contributed by atoms with E-state index in [9.17, 15) is 68.4 Å². The lowest BCUT2D eigenvalue weighted by molar-refractivity contribution is -0.123. The van der Waals surface area contributed by atoms with Crippen LogP contribution in [0.25, 0.3) is 0 Å².